The van der Waals surface area contributed by atoms with Crippen LogP contribution in [0, 0.1) is 0 Å². The molecule has 2 N–H and O–H groups in total. The van der Waals surface area contributed by atoms with Crippen molar-refractivity contribution in [2.75, 3.05) is 25.6 Å². The number of carbonyl (C=O) groups excluding carboxylic acids is 1. The quantitative estimate of drug-likeness (QED) is 0.769. The zero-order chi connectivity index (χ0) is 21.3. The van der Waals surface area contributed by atoms with Crippen molar-refractivity contribution in [1.82, 2.24) is 15.1 Å². The molecule has 0 unspecified atom stereocenters. The molecule has 4 rings (SSSR count). The van der Waals surface area contributed by atoms with Gasteiger partial charge in [-0.1, -0.05) is 18.2 Å². The maximum Gasteiger partial charge on any atom is 0.410 e. The minimum Gasteiger partial charge on any atom is -0.496 e. The Labute approximate surface area is 171 Å². The highest BCUT2D eigenvalue weighted by atomic mass is 19.4. The van der Waals surface area contributed by atoms with Crippen LogP contribution in [-0.4, -0.2) is 48.2 Å². The van der Waals surface area contributed by atoms with Gasteiger partial charge in [-0.3, -0.25) is 4.79 Å². The van der Waals surface area contributed by atoms with Crippen LogP contribution < -0.4 is 15.4 Å². The summed E-state index contributed by atoms with van der Waals surface area (Å²) < 4.78 is 53.1. The molecule has 2 aliphatic heterocycles. The number of hydrogen-bond donors (Lipinski definition) is 2. The van der Waals surface area contributed by atoms with Crippen molar-refractivity contribution >= 4 is 11.7 Å². The van der Waals surface area contributed by atoms with Crippen LogP contribution in [-0.2, 0) is 4.74 Å². The lowest BCUT2D eigenvalue weighted by atomic mass is 9.95. The molecule has 1 fully saturated rings. The molecule has 2 aliphatic rings. The summed E-state index contributed by atoms with van der Waals surface area (Å²) in [4.78, 5) is 12.7. The number of ether oxygens (including phenoxy) is 2. The Morgan fingerprint density at radius 3 is 2.90 bits per heavy atom. The first-order chi connectivity index (χ1) is 14.4. The van der Waals surface area contributed by atoms with Crippen molar-refractivity contribution in [3.8, 4) is 5.75 Å². The summed E-state index contributed by atoms with van der Waals surface area (Å²) in [6, 6.07) is 4.35. The van der Waals surface area contributed by atoms with Crippen molar-refractivity contribution < 1.29 is 27.4 Å². The molecule has 0 bridgehead atoms. The van der Waals surface area contributed by atoms with E-state index in [1.807, 2.05) is 0 Å². The molecule has 162 valence electrons. The molecule has 3 atom stereocenters. The average Bonchev–Trinajstić information content (AvgIpc) is 3.40. The van der Waals surface area contributed by atoms with Gasteiger partial charge in [0.15, 0.2) is 6.04 Å². The Hall–Kier alpha value is -2.75. The molecule has 0 radical (unpaired) electrons. The van der Waals surface area contributed by atoms with Gasteiger partial charge in [-0.2, -0.15) is 18.3 Å². The SMILES string of the molecule is COc1ccccc1[C@@H]1C[C@@H](C(F)(F)F)n2ncc(C(=O)NC[C@H]3CCCO3)c2N1. The second-order valence-electron chi connectivity index (χ2n) is 7.43. The summed E-state index contributed by atoms with van der Waals surface area (Å²) in [5, 5.41) is 9.71. The number of aromatic nitrogens is 2. The second-order valence-corrected chi connectivity index (χ2v) is 7.43. The van der Waals surface area contributed by atoms with Crippen LogP contribution in [0.3, 0.4) is 0 Å². The number of nitrogens with zero attached hydrogens (tertiary/aromatic N) is 2. The third kappa shape index (κ3) is 3.96. The number of methoxy groups -OCH3 is 1. The van der Waals surface area contributed by atoms with Gasteiger partial charge >= 0.3 is 6.18 Å². The summed E-state index contributed by atoms with van der Waals surface area (Å²) in [5.74, 6) is 0.0402. The standard InChI is InChI=1S/C20H23F3N4O3/c1-29-16-7-3-2-6-13(16)15-9-17(20(21,22)23)27-18(26-15)14(11-25-27)19(28)24-10-12-5-4-8-30-12/h2-3,6-7,11-12,15,17,26H,4-5,8-10H2,1H3,(H,24,28)/t12-,15+,17+/m1/s1. The fourth-order valence-corrected chi connectivity index (χ4v) is 3.99. The van der Waals surface area contributed by atoms with E-state index in [9.17, 15) is 18.0 Å². The summed E-state index contributed by atoms with van der Waals surface area (Å²) >= 11 is 0. The molecule has 0 aliphatic carbocycles. The fourth-order valence-electron chi connectivity index (χ4n) is 3.99. The molecule has 0 saturated carbocycles. The molecule has 0 spiro atoms. The first-order valence-electron chi connectivity index (χ1n) is 9.82. The van der Waals surface area contributed by atoms with Gasteiger partial charge in [0.2, 0.25) is 0 Å². The van der Waals surface area contributed by atoms with E-state index in [0.717, 1.165) is 17.5 Å². The summed E-state index contributed by atoms with van der Waals surface area (Å²) in [5.41, 5.74) is 0.661. The largest absolute Gasteiger partial charge is 0.496 e. The maximum atomic E-state index is 13.8. The number of amides is 1. The van der Waals surface area contributed by atoms with E-state index >= 15 is 0 Å². The highest BCUT2D eigenvalue weighted by molar-refractivity contribution is 5.98. The first-order valence-corrected chi connectivity index (χ1v) is 9.82. The number of nitrogens with one attached hydrogen (secondary N) is 2. The Kier molecular flexibility index (Phi) is 5.59. The van der Waals surface area contributed by atoms with Crippen LogP contribution in [0.2, 0.25) is 0 Å². The van der Waals surface area contributed by atoms with Crippen LogP contribution in [0.1, 0.15) is 47.3 Å². The molecular weight excluding hydrogens is 401 g/mol. The number of hydrogen-bond acceptors (Lipinski definition) is 5. The molecule has 3 heterocycles. The molecular formula is C20H23F3N4O3. The van der Waals surface area contributed by atoms with Crippen molar-refractivity contribution in [1.29, 1.82) is 0 Å². The molecule has 1 saturated heterocycles. The molecule has 7 nitrogen and oxygen atoms in total. The monoisotopic (exact) mass is 424 g/mol. The van der Waals surface area contributed by atoms with E-state index in [-0.39, 0.29) is 23.9 Å². The Morgan fingerprint density at radius 2 is 2.20 bits per heavy atom. The van der Waals surface area contributed by atoms with Crippen LogP contribution >= 0.6 is 0 Å². The highest BCUT2D eigenvalue weighted by Crippen LogP contribution is 2.45. The lowest BCUT2D eigenvalue weighted by Gasteiger charge is -2.34. The molecule has 1 aromatic carbocycles. The predicted molar refractivity (Wildman–Crippen MR) is 103 cm³/mol. The summed E-state index contributed by atoms with van der Waals surface area (Å²) in [7, 11) is 1.47. The van der Waals surface area contributed by atoms with E-state index in [0.29, 0.717) is 24.5 Å². The Morgan fingerprint density at radius 1 is 1.40 bits per heavy atom. The fraction of sp³-hybridized carbons (Fsp3) is 0.500. The van der Waals surface area contributed by atoms with E-state index in [1.165, 1.54) is 13.3 Å². The average molecular weight is 424 g/mol. The lowest BCUT2D eigenvalue weighted by molar-refractivity contribution is -0.173. The Balaban J connectivity index is 1.63. The zero-order valence-electron chi connectivity index (χ0n) is 16.4. The molecule has 1 amide bonds. The topological polar surface area (TPSA) is 77.4 Å². The van der Waals surface area contributed by atoms with Gasteiger partial charge in [-0.25, -0.2) is 4.68 Å². The minimum atomic E-state index is -4.52. The van der Waals surface area contributed by atoms with Gasteiger partial charge in [-0.15, -0.1) is 0 Å². The van der Waals surface area contributed by atoms with Gasteiger partial charge in [0.1, 0.15) is 17.1 Å². The van der Waals surface area contributed by atoms with E-state index in [1.54, 1.807) is 24.3 Å². The van der Waals surface area contributed by atoms with E-state index in [2.05, 4.69) is 15.7 Å². The van der Waals surface area contributed by atoms with Crippen LogP contribution in [0.15, 0.2) is 30.5 Å². The number of fused-ring (bicyclic) bond motifs is 1. The summed E-state index contributed by atoms with van der Waals surface area (Å²) in [6.45, 7) is 0.960. The summed E-state index contributed by atoms with van der Waals surface area (Å²) in [6.07, 6.45) is -1.91. The highest BCUT2D eigenvalue weighted by Gasteiger charge is 2.47. The molecule has 10 heteroatoms. The van der Waals surface area contributed by atoms with Crippen molar-refractivity contribution in [2.24, 2.45) is 0 Å². The van der Waals surface area contributed by atoms with Gasteiger partial charge in [0.25, 0.3) is 5.91 Å². The molecule has 2 aromatic rings. The maximum absolute atomic E-state index is 13.8. The van der Waals surface area contributed by atoms with E-state index < -0.39 is 24.2 Å². The smallest absolute Gasteiger partial charge is 0.410 e. The van der Waals surface area contributed by atoms with Gasteiger partial charge < -0.3 is 20.1 Å². The number of halogens is 3. The third-order valence-electron chi connectivity index (χ3n) is 5.51. The van der Waals surface area contributed by atoms with Gasteiger partial charge in [-0.05, 0) is 18.9 Å². The minimum absolute atomic E-state index is 0.0457. The van der Waals surface area contributed by atoms with Crippen molar-refractivity contribution in [3.63, 3.8) is 0 Å². The first kappa shape index (κ1) is 20.5. The Bertz CT molecular complexity index is 909. The third-order valence-corrected chi connectivity index (χ3v) is 5.51. The zero-order valence-corrected chi connectivity index (χ0v) is 16.4. The number of rotatable bonds is 5. The van der Waals surface area contributed by atoms with Crippen molar-refractivity contribution in [2.45, 2.75) is 43.6 Å². The van der Waals surface area contributed by atoms with E-state index in [4.69, 9.17) is 9.47 Å². The van der Waals surface area contributed by atoms with Crippen LogP contribution in [0.5, 0.6) is 5.75 Å². The van der Waals surface area contributed by atoms with Crippen molar-refractivity contribution in [3.05, 3.63) is 41.6 Å². The number of carbonyl (C=O) groups is 1. The van der Waals surface area contributed by atoms with Crippen LogP contribution in [0.4, 0.5) is 19.0 Å². The number of para-hydroxylation sites is 1. The molecule has 30 heavy (non-hydrogen) atoms. The number of alkyl halides is 3. The number of benzene rings is 1. The molecule has 1 aromatic heterocycles. The predicted octanol–water partition coefficient (Wildman–Crippen LogP) is 3.46. The normalized spacial score (nSPS) is 23.5. The van der Waals surface area contributed by atoms with Crippen LogP contribution in [0.25, 0.3) is 0 Å². The number of anilines is 1. The lowest BCUT2D eigenvalue weighted by Crippen LogP contribution is -2.37. The second kappa shape index (κ2) is 8.17. The van der Waals surface area contributed by atoms with Gasteiger partial charge in [0, 0.05) is 25.1 Å². The van der Waals surface area contributed by atoms with Gasteiger partial charge in [0.05, 0.1) is 25.5 Å².